The van der Waals surface area contributed by atoms with Gasteiger partial charge in [0.1, 0.15) is 11.0 Å². The summed E-state index contributed by atoms with van der Waals surface area (Å²) < 4.78 is 24.4. The van der Waals surface area contributed by atoms with Gasteiger partial charge in [0.25, 0.3) is 12.0 Å². The van der Waals surface area contributed by atoms with Crippen LogP contribution in [-0.2, 0) is 9.31 Å². The Morgan fingerprint density at radius 2 is 1.09 bits per heavy atom. The van der Waals surface area contributed by atoms with Crippen LogP contribution in [0.25, 0.3) is 22.2 Å². The van der Waals surface area contributed by atoms with E-state index in [1.54, 1.807) is 36.4 Å². The van der Waals surface area contributed by atoms with Gasteiger partial charge in [-0.3, -0.25) is 0 Å². The molecule has 10 nitrogen and oxygen atoms in total. The van der Waals surface area contributed by atoms with Crippen molar-refractivity contribution in [3.63, 3.8) is 0 Å². The van der Waals surface area contributed by atoms with Crippen molar-refractivity contribution in [3.05, 3.63) is 101 Å². The van der Waals surface area contributed by atoms with E-state index in [2.05, 4.69) is 48.7 Å². The molecule has 2 aromatic heterocycles. The first kappa shape index (κ1) is 30.9. The zero-order chi connectivity index (χ0) is 32.5. The van der Waals surface area contributed by atoms with Gasteiger partial charge in [-0.25, -0.2) is 0 Å². The number of fused-ring (bicyclic) bond motifs is 2. The molecule has 1 aliphatic rings. The van der Waals surface area contributed by atoms with Gasteiger partial charge in [0.05, 0.1) is 34.5 Å². The van der Waals surface area contributed by atoms with E-state index in [0.29, 0.717) is 45.4 Å². The Labute approximate surface area is 274 Å². The Kier molecular flexibility index (Phi) is 8.28. The first-order chi connectivity index (χ1) is 22.0. The molecule has 46 heavy (non-hydrogen) atoms. The molecule has 1 saturated heterocycles. The third-order valence-corrected chi connectivity index (χ3v) is 8.34. The summed E-state index contributed by atoms with van der Waals surface area (Å²) in [6, 6.07) is 30.7. The van der Waals surface area contributed by atoms with Gasteiger partial charge in [0.2, 0.25) is 0 Å². The van der Waals surface area contributed by atoms with Crippen molar-refractivity contribution in [1.82, 2.24) is 9.97 Å². The SMILES string of the molecule is CC1(C)OB(c2ccc(Nc3nc4cc(C#N)ccc4o3)cc2)OC1(C)C.N#Cc1ccc2oc(Nc3ccc(Br)cc3)nc2c1. The molecule has 0 aliphatic carbocycles. The molecule has 6 aromatic rings. The number of benzene rings is 4. The van der Waals surface area contributed by atoms with E-state index in [1.807, 2.05) is 76.2 Å². The van der Waals surface area contributed by atoms with Crippen molar-refractivity contribution in [2.75, 3.05) is 10.6 Å². The number of aromatic nitrogens is 2. The molecule has 0 bridgehead atoms. The lowest BCUT2D eigenvalue weighted by atomic mass is 9.79. The van der Waals surface area contributed by atoms with Crippen LogP contribution in [0.5, 0.6) is 0 Å². The number of nitriles is 2. The van der Waals surface area contributed by atoms with Crippen molar-refractivity contribution in [3.8, 4) is 12.1 Å². The van der Waals surface area contributed by atoms with Crippen molar-refractivity contribution < 1.29 is 18.1 Å². The van der Waals surface area contributed by atoms with Gasteiger partial charge in [-0.1, -0.05) is 28.1 Å². The van der Waals surface area contributed by atoms with E-state index in [4.69, 9.17) is 28.7 Å². The summed E-state index contributed by atoms with van der Waals surface area (Å²) in [6.07, 6.45) is 0. The Morgan fingerprint density at radius 3 is 1.52 bits per heavy atom. The Balaban J connectivity index is 0.000000172. The highest BCUT2D eigenvalue weighted by Gasteiger charge is 2.51. The summed E-state index contributed by atoms with van der Waals surface area (Å²) in [5, 5.41) is 24.0. The van der Waals surface area contributed by atoms with Gasteiger partial charge >= 0.3 is 7.12 Å². The molecule has 2 N–H and O–H groups in total. The molecule has 4 aromatic carbocycles. The third kappa shape index (κ3) is 6.60. The number of halogens is 1. The Bertz CT molecular complexity index is 2100. The lowest BCUT2D eigenvalue weighted by molar-refractivity contribution is 0.00578. The van der Waals surface area contributed by atoms with E-state index in [-0.39, 0.29) is 11.2 Å². The summed E-state index contributed by atoms with van der Waals surface area (Å²) in [4.78, 5) is 8.67. The number of rotatable bonds is 5. The van der Waals surface area contributed by atoms with E-state index in [9.17, 15) is 0 Å². The first-order valence-electron chi connectivity index (χ1n) is 14.4. The monoisotopic (exact) mass is 674 g/mol. The summed E-state index contributed by atoms with van der Waals surface area (Å²) in [5.41, 5.74) is 5.65. The van der Waals surface area contributed by atoms with Crippen molar-refractivity contribution in [2.24, 2.45) is 0 Å². The number of nitrogens with zero attached hydrogens (tertiary/aromatic N) is 4. The summed E-state index contributed by atoms with van der Waals surface area (Å²) in [6.45, 7) is 8.14. The van der Waals surface area contributed by atoms with Gasteiger partial charge in [0.15, 0.2) is 11.2 Å². The largest absolute Gasteiger partial charge is 0.494 e. The molecule has 0 atom stereocenters. The van der Waals surface area contributed by atoms with Crippen LogP contribution in [0, 0.1) is 22.7 Å². The quantitative estimate of drug-likeness (QED) is 0.173. The molecule has 0 unspecified atom stereocenters. The molecule has 1 fully saturated rings. The number of hydrogen-bond donors (Lipinski definition) is 2. The molecule has 0 spiro atoms. The standard InChI is InChI=1S/C20H20BN3O3.C14H8BrN3O/c1-19(2)20(3,4)27-21(26-19)14-6-8-15(9-7-14)23-18-24-16-11-13(12-22)5-10-17(16)25-18;15-10-2-4-11(5-3-10)17-14-18-12-7-9(8-16)1-6-13(12)19-14/h5-11H,1-4H3,(H,23,24);1-7H,(H,17,18). The highest BCUT2D eigenvalue weighted by Crippen LogP contribution is 2.36. The average Bonchev–Trinajstić information content (AvgIpc) is 3.69. The van der Waals surface area contributed by atoms with Crippen molar-refractivity contribution in [2.45, 2.75) is 38.9 Å². The lowest BCUT2D eigenvalue weighted by Crippen LogP contribution is -2.41. The van der Waals surface area contributed by atoms with Gasteiger partial charge in [-0.15, -0.1) is 0 Å². The van der Waals surface area contributed by atoms with Crippen LogP contribution in [0.1, 0.15) is 38.8 Å². The summed E-state index contributed by atoms with van der Waals surface area (Å²) in [5.74, 6) is 0. The Hall–Kier alpha value is -5.14. The summed E-state index contributed by atoms with van der Waals surface area (Å²) in [7, 11) is -0.391. The number of oxazole rings is 2. The van der Waals surface area contributed by atoms with Crippen LogP contribution in [-0.4, -0.2) is 28.3 Å². The van der Waals surface area contributed by atoms with Crippen LogP contribution in [0.2, 0.25) is 0 Å². The molecule has 7 rings (SSSR count). The topological polar surface area (TPSA) is 142 Å². The van der Waals surface area contributed by atoms with Crippen molar-refractivity contribution in [1.29, 1.82) is 10.5 Å². The molecule has 0 radical (unpaired) electrons. The van der Waals surface area contributed by atoms with Gasteiger partial charge in [-0.2, -0.15) is 20.5 Å². The molecule has 228 valence electrons. The summed E-state index contributed by atoms with van der Waals surface area (Å²) >= 11 is 3.38. The van der Waals surface area contributed by atoms with Gasteiger partial charge < -0.3 is 28.8 Å². The maximum Gasteiger partial charge on any atom is 0.494 e. The molecular weight excluding hydrogens is 647 g/mol. The minimum absolute atomic E-state index is 0.366. The zero-order valence-electron chi connectivity index (χ0n) is 25.5. The van der Waals surface area contributed by atoms with Gasteiger partial charge in [-0.05, 0) is 106 Å². The molecule has 0 amide bonds. The average molecular weight is 675 g/mol. The molecular formula is C34H28BBrN6O4. The van der Waals surface area contributed by atoms with Crippen LogP contribution < -0.4 is 16.1 Å². The van der Waals surface area contributed by atoms with Crippen LogP contribution in [0.15, 0.2) is 98.2 Å². The minimum atomic E-state index is -0.391. The Morgan fingerprint density at radius 1 is 0.652 bits per heavy atom. The highest BCUT2D eigenvalue weighted by molar-refractivity contribution is 9.10. The van der Waals surface area contributed by atoms with Crippen molar-refractivity contribution >= 4 is 74.1 Å². The predicted molar refractivity (Wildman–Crippen MR) is 180 cm³/mol. The number of nitrogens with one attached hydrogen (secondary N) is 2. The molecule has 1 aliphatic heterocycles. The maximum absolute atomic E-state index is 8.98. The number of anilines is 4. The second kappa shape index (κ2) is 12.3. The van der Waals surface area contributed by atoms with Gasteiger partial charge in [0, 0.05) is 15.8 Å². The van der Waals surface area contributed by atoms with Crippen LogP contribution in [0.3, 0.4) is 0 Å². The second-order valence-electron chi connectivity index (χ2n) is 11.6. The fraction of sp³-hybridized carbons (Fsp3) is 0.176. The van der Waals surface area contributed by atoms with E-state index < -0.39 is 7.12 Å². The highest BCUT2D eigenvalue weighted by atomic mass is 79.9. The fourth-order valence-corrected chi connectivity index (χ4v) is 4.85. The minimum Gasteiger partial charge on any atom is -0.423 e. The number of hydrogen-bond acceptors (Lipinski definition) is 10. The van der Waals surface area contributed by atoms with E-state index in [1.165, 1.54) is 0 Å². The fourth-order valence-electron chi connectivity index (χ4n) is 4.58. The molecule has 3 heterocycles. The molecule has 12 heteroatoms. The van der Waals surface area contributed by atoms with Crippen LogP contribution >= 0.6 is 15.9 Å². The first-order valence-corrected chi connectivity index (χ1v) is 15.2. The maximum atomic E-state index is 8.98. The third-order valence-electron chi connectivity index (χ3n) is 7.82. The smallest absolute Gasteiger partial charge is 0.423 e. The normalized spacial score (nSPS) is 14.7. The zero-order valence-corrected chi connectivity index (χ0v) is 27.0. The van der Waals surface area contributed by atoms with E-state index >= 15 is 0 Å². The predicted octanol–water partition coefficient (Wildman–Crippen LogP) is 7.95. The van der Waals surface area contributed by atoms with Crippen LogP contribution in [0.4, 0.5) is 23.4 Å². The lowest BCUT2D eigenvalue weighted by Gasteiger charge is -2.32. The molecule has 0 saturated carbocycles. The van der Waals surface area contributed by atoms with E-state index in [0.717, 1.165) is 21.3 Å². The second-order valence-corrected chi connectivity index (χ2v) is 12.5.